The highest BCUT2D eigenvalue weighted by Gasteiger charge is 2.31. The van der Waals surface area contributed by atoms with Crippen molar-refractivity contribution in [2.24, 2.45) is 0 Å². The first kappa shape index (κ1) is 21.8. The Labute approximate surface area is 193 Å². The summed E-state index contributed by atoms with van der Waals surface area (Å²) in [6.45, 7) is 5.27. The van der Waals surface area contributed by atoms with E-state index in [1.165, 1.54) is 75.0 Å². The van der Waals surface area contributed by atoms with E-state index in [-0.39, 0.29) is 0 Å². The van der Waals surface area contributed by atoms with Gasteiger partial charge in [0.25, 0.3) is 0 Å². The molecule has 1 saturated heterocycles. The van der Waals surface area contributed by atoms with Gasteiger partial charge in [-0.1, -0.05) is 37.5 Å². The molecule has 2 fully saturated rings. The Morgan fingerprint density at radius 1 is 0.844 bits per heavy atom. The summed E-state index contributed by atoms with van der Waals surface area (Å²) >= 11 is 0. The molecule has 2 aromatic carbocycles. The SMILES string of the molecule is c1ccc2c(c1)CC(COC1CCCCC1)N2c1ccc(OCCCN2CCCC2)cc1. The highest BCUT2D eigenvalue weighted by molar-refractivity contribution is 5.71. The first-order valence-corrected chi connectivity index (χ1v) is 12.8. The molecule has 32 heavy (non-hydrogen) atoms. The molecule has 1 atom stereocenters. The van der Waals surface area contributed by atoms with Crippen molar-refractivity contribution >= 4 is 11.4 Å². The average Bonchev–Trinajstić information content (AvgIpc) is 3.49. The minimum Gasteiger partial charge on any atom is -0.494 e. The Bertz CT molecular complexity index is 841. The van der Waals surface area contributed by atoms with Crippen LogP contribution in [0.3, 0.4) is 0 Å². The lowest BCUT2D eigenvalue weighted by Crippen LogP contribution is -2.34. The van der Waals surface area contributed by atoms with Crippen molar-refractivity contribution < 1.29 is 9.47 Å². The average molecular weight is 435 g/mol. The first-order chi connectivity index (χ1) is 15.9. The van der Waals surface area contributed by atoms with Crippen LogP contribution in [0, 0.1) is 0 Å². The van der Waals surface area contributed by atoms with Gasteiger partial charge in [0.15, 0.2) is 0 Å². The third-order valence-electron chi connectivity index (χ3n) is 7.35. The molecule has 3 aliphatic rings. The van der Waals surface area contributed by atoms with Crippen LogP contribution in [-0.4, -0.2) is 49.9 Å². The summed E-state index contributed by atoms with van der Waals surface area (Å²) < 4.78 is 12.4. The number of para-hydroxylation sites is 1. The third kappa shape index (κ3) is 5.29. The van der Waals surface area contributed by atoms with Crippen molar-refractivity contribution in [1.29, 1.82) is 0 Å². The van der Waals surface area contributed by atoms with Crippen molar-refractivity contribution in [3.8, 4) is 5.75 Å². The minimum atomic E-state index is 0.363. The van der Waals surface area contributed by atoms with Gasteiger partial charge in [0.1, 0.15) is 5.75 Å². The van der Waals surface area contributed by atoms with E-state index in [0.717, 1.165) is 38.3 Å². The Morgan fingerprint density at radius 2 is 1.62 bits per heavy atom. The second-order valence-electron chi connectivity index (χ2n) is 9.69. The van der Waals surface area contributed by atoms with Crippen molar-refractivity contribution in [2.75, 3.05) is 37.7 Å². The quantitative estimate of drug-likeness (QED) is 0.454. The van der Waals surface area contributed by atoms with Crippen molar-refractivity contribution in [2.45, 2.75) is 69.9 Å². The molecular formula is C28H38N2O2. The first-order valence-electron chi connectivity index (χ1n) is 12.8. The van der Waals surface area contributed by atoms with Gasteiger partial charge in [0.05, 0.1) is 25.4 Å². The lowest BCUT2D eigenvalue weighted by atomic mass is 9.98. The second kappa shape index (κ2) is 10.7. The van der Waals surface area contributed by atoms with Gasteiger partial charge in [-0.2, -0.15) is 0 Å². The fraction of sp³-hybridized carbons (Fsp3) is 0.571. The molecule has 2 aromatic rings. The van der Waals surface area contributed by atoms with E-state index in [1.807, 2.05) is 0 Å². The topological polar surface area (TPSA) is 24.9 Å². The number of rotatable bonds is 9. The monoisotopic (exact) mass is 434 g/mol. The Kier molecular flexibility index (Phi) is 7.30. The number of fused-ring (bicyclic) bond motifs is 1. The molecule has 4 heteroatoms. The summed E-state index contributed by atoms with van der Waals surface area (Å²) in [5.41, 5.74) is 3.98. The standard InChI is InChI=1S/C28H38N2O2/c1-2-10-26(11-3-1)32-22-25-21-23-9-4-5-12-28(23)30(25)24-13-15-27(16-14-24)31-20-8-19-29-17-6-7-18-29/h4-5,9,12-16,25-26H,1-3,6-8,10-11,17-22H2. The van der Waals surface area contributed by atoms with Crippen LogP contribution in [0.4, 0.5) is 11.4 Å². The molecule has 5 rings (SSSR count). The number of likely N-dealkylation sites (tertiary alicyclic amines) is 1. The van der Waals surface area contributed by atoms with E-state index in [4.69, 9.17) is 9.47 Å². The maximum atomic E-state index is 6.41. The zero-order valence-corrected chi connectivity index (χ0v) is 19.4. The molecule has 1 aliphatic carbocycles. The Balaban J connectivity index is 1.20. The number of nitrogens with zero attached hydrogens (tertiary/aromatic N) is 2. The van der Waals surface area contributed by atoms with E-state index in [1.54, 1.807) is 0 Å². The molecular weight excluding hydrogens is 396 g/mol. The molecule has 2 aliphatic heterocycles. The molecule has 0 aromatic heterocycles. The van der Waals surface area contributed by atoms with Crippen LogP contribution >= 0.6 is 0 Å². The minimum absolute atomic E-state index is 0.363. The van der Waals surface area contributed by atoms with E-state index < -0.39 is 0 Å². The van der Waals surface area contributed by atoms with Crippen molar-refractivity contribution in [3.63, 3.8) is 0 Å². The third-order valence-corrected chi connectivity index (χ3v) is 7.35. The molecule has 0 amide bonds. The van der Waals surface area contributed by atoms with E-state index in [9.17, 15) is 0 Å². The summed E-state index contributed by atoms with van der Waals surface area (Å²) in [6, 6.07) is 17.9. The highest BCUT2D eigenvalue weighted by atomic mass is 16.5. The van der Waals surface area contributed by atoms with Crippen LogP contribution in [0.5, 0.6) is 5.75 Å². The highest BCUT2D eigenvalue weighted by Crippen LogP contribution is 2.39. The van der Waals surface area contributed by atoms with Crippen LogP contribution in [0.25, 0.3) is 0 Å². The molecule has 1 saturated carbocycles. The van der Waals surface area contributed by atoms with Gasteiger partial charge in [-0.25, -0.2) is 0 Å². The number of benzene rings is 2. The summed E-state index contributed by atoms with van der Waals surface area (Å²) in [7, 11) is 0. The van der Waals surface area contributed by atoms with Crippen LogP contribution in [0.1, 0.15) is 56.9 Å². The number of hydrogen-bond donors (Lipinski definition) is 0. The predicted molar refractivity (Wildman–Crippen MR) is 131 cm³/mol. The van der Waals surface area contributed by atoms with Crippen LogP contribution in [0.15, 0.2) is 48.5 Å². The van der Waals surface area contributed by atoms with Gasteiger partial charge in [0, 0.05) is 17.9 Å². The zero-order valence-electron chi connectivity index (χ0n) is 19.4. The smallest absolute Gasteiger partial charge is 0.119 e. The van der Waals surface area contributed by atoms with Crippen molar-refractivity contribution in [3.05, 3.63) is 54.1 Å². The summed E-state index contributed by atoms with van der Waals surface area (Å²) in [4.78, 5) is 5.03. The lowest BCUT2D eigenvalue weighted by molar-refractivity contribution is 0.0219. The van der Waals surface area contributed by atoms with E-state index in [2.05, 4.69) is 58.3 Å². The van der Waals surface area contributed by atoms with Gasteiger partial charge in [-0.15, -0.1) is 0 Å². The van der Waals surface area contributed by atoms with E-state index in [0.29, 0.717) is 12.1 Å². The second-order valence-corrected chi connectivity index (χ2v) is 9.69. The van der Waals surface area contributed by atoms with Crippen LogP contribution < -0.4 is 9.64 Å². The molecule has 1 unspecified atom stereocenters. The summed E-state index contributed by atoms with van der Waals surface area (Å²) in [5.74, 6) is 0.970. The predicted octanol–water partition coefficient (Wildman–Crippen LogP) is 5.96. The van der Waals surface area contributed by atoms with Crippen molar-refractivity contribution in [1.82, 2.24) is 4.90 Å². The van der Waals surface area contributed by atoms with Crippen LogP contribution in [-0.2, 0) is 11.2 Å². The van der Waals surface area contributed by atoms with Gasteiger partial charge in [-0.3, -0.25) is 0 Å². The van der Waals surface area contributed by atoms with Crippen LogP contribution in [0.2, 0.25) is 0 Å². The fourth-order valence-corrected chi connectivity index (χ4v) is 5.61. The molecule has 0 bridgehead atoms. The summed E-state index contributed by atoms with van der Waals surface area (Å²) in [5, 5.41) is 0. The maximum absolute atomic E-state index is 6.41. The number of anilines is 2. The fourth-order valence-electron chi connectivity index (χ4n) is 5.61. The molecule has 4 nitrogen and oxygen atoms in total. The molecule has 0 N–H and O–H groups in total. The summed E-state index contributed by atoms with van der Waals surface area (Å²) in [6.07, 6.45) is 11.8. The molecule has 0 spiro atoms. The molecule has 2 heterocycles. The normalized spacial score (nSPS) is 21.8. The molecule has 0 radical (unpaired) electrons. The van der Waals surface area contributed by atoms with Gasteiger partial charge < -0.3 is 19.3 Å². The maximum Gasteiger partial charge on any atom is 0.119 e. The van der Waals surface area contributed by atoms with Gasteiger partial charge in [0.2, 0.25) is 0 Å². The largest absolute Gasteiger partial charge is 0.494 e. The number of ether oxygens (including phenoxy) is 2. The Hall–Kier alpha value is -2.04. The van der Waals surface area contributed by atoms with Gasteiger partial charge in [-0.05, 0) is 87.5 Å². The zero-order chi connectivity index (χ0) is 21.6. The Morgan fingerprint density at radius 3 is 2.44 bits per heavy atom. The van der Waals surface area contributed by atoms with E-state index >= 15 is 0 Å². The molecule has 172 valence electrons. The lowest BCUT2D eigenvalue weighted by Gasteiger charge is -2.30. The number of hydrogen-bond acceptors (Lipinski definition) is 4. The van der Waals surface area contributed by atoms with Gasteiger partial charge >= 0.3 is 0 Å².